The van der Waals surface area contributed by atoms with Gasteiger partial charge in [-0.25, -0.2) is 9.97 Å². The molecule has 0 atom stereocenters. The van der Waals surface area contributed by atoms with E-state index in [0.29, 0.717) is 18.1 Å². The van der Waals surface area contributed by atoms with E-state index in [-0.39, 0.29) is 6.61 Å². The molecule has 2 rings (SSSR count). The summed E-state index contributed by atoms with van der Waals surface area (Å²) < 4.78 is 5.50. The van der Waals surface area contributed by atoms with Crippen LogP contribution in [0.3, 0.4) is 0 Å². The molecule has 1 aromatic heterocycles. The minimum absolute atomic E-state index is 0.120. The molecule has 0 spiro atoms. The van der Waals surface area contributed by atoms with Gasteiger partial charge in [-0.15, -0.1) is 0 Å². The maximum absolute atomic E-state index is 9.06. The average molecular weight is 216 g/mol. The maximum Gasteiger partial charge on any atom is 0.222 e. The Labute approximate surface area is 93.6 Å². The van der Waals surface area contributed by atoms with Crippen LogP contribution in [0.1, 0.15) is 11.1 Å². The van der Waals surface area contributed by atoms with E-state index >= 15 is 0 Å². The fourth-order valence-electron chi connectivity index (χ4n) is 1.31. The van der Waals surface area contributed by atoms with Crippen LogP contribution in [0.2, 0.25) is 0 Å². The van der Waals surface area contributed by atoms with Crippen LogP contribution in [-0.2, 0) is 13.2 Å². The Morgan fingerprint density at radius 2 is 2.00 bits per heavy atom. The minimum atomic E-state index is -0.120. The minimum Gasteiger partial charge on any atom is -0.472 e. The molecule has 0 saturated heterocycles. The van der Waals surface area contributed by atoms with Crippen molar-refractivity contribution < 1.29 is 9.84 Å². The van der Waals surface area contributed by atoms with Gasteiger partial charge in [0.05, 0.1) is 12.2 Å². The number of hydrogen-bond donors (Lipinski definition) is 1. The van der Waals surface area contributed by atoms with E-state index in [1.807, 2.05) is 30.3 Å². The molecule has 4 nitrogen and oxygen atoms in total. The molecule has 0 aliphatic heterocycles. The summed E-state index contributed by atoms with van der Waals surface area (Å²) in [6.45, 7) is 0.315. The second-order valence-corrected chi connectivity index (χ2v) is 3.29. The largest absolute Gasteiger partial charge is 0.472 e. The second kappa shape index (κ2) is 5.23. The highest BCUT2D eigenvalue weighted by Crippen LogP contribution is 2.14. The molecule has 1 heterocycles. The van der Waals surface area contributed by atoms with E-state index in [1.54, 1.807) is 6.20 Å². The van der Waals surface area contributed by atoms with Crippen molar-refractivity contribution in [3.8, 4) is 5.88 Å². The molecule has 0 amide bonds. The first-order chi connectivity index (χ1) is 7.90. The lowest BCUT2D eigenvalue weighted by Gasteiger charge is -2.07. The van der Waals surface area contributed by atoms with Crippen LogP contribution in [0.25, 0.3) is 0 Å². The van der Waals surface area contributed by atoms with Gasteiger partial charge >= 0.3 is 0 Å². The fourth-order valence-corrected chi connectivity index (χ4v) is 1.31. The van der Waals surface area contributed by atoms with E-state index < -0.39 is 0 Å². The van der Waals surface area contributed by atoms with Gasteiger partial charge in [0.1, 0.15) is 12.9 Å². The van der Waals surface area contributed by atoms with Gasteiger partial charge in [-0.05, 0) is 5.56 Å². The van der Waals surface area contributed by atoms with Gasteiger partial charge in [0.25, 0.3) is 0 Å². The van der Waals surface area contributed by atoms with Gasteiger partial charge in [-0.2, -0.15) is 0 Å². The third-order valence-corrected chi connectivity index (χ3v) is 2.14. The fraction of sp³-hybridized carbons (Fsp3) is 0.167. The highest BCUT2D eigenvalue weighted by atomic mass is 16.5. The molecule has 0 fully saturated rings. The van der Waals surface area contributed by atoms with Gasteiger partial charge < -0.3 is 9.84 Å². The molecule has 0 unspecified atom stereocenters. The zero-order valence-electron chi connectivity index (χ0n) is 8.71. The summed E-state index contributed by atoms with van der Waals surface area (Å²) in [5.74, 6) is 0.432. The van der Waals surface area contributed by atoms with Gasteiger partial charge in [0.2, 0.25) is 5.88 Å². The molecular weight excluding hydrogens is 204 g/mol. The van der Waals surface area contributed by atoms with Crippen LogP contribution in [0.5, 0.6) is 5.88 Å². The van der Waals surface area contributed by atoms with Crippen LogP contribution >= 0.6 is 0 Å². The van der Waals surface area contributed by atoms with Crippen LogP contribution in [0.15, 0.2) is 42.9 Å². The van der Waals surface area contributed by atoms with Gasteiger partial charge in [0.15, 0.2) is 0 Å². The second-order valence-electron chi connectivity index (χ2n) is 3.29. The van der Waals surface area contributed by atoms with E-state index in [2.05, 4.69) is 9.97 Å². The Balaban J connectivity index is 2.05. The summed E-state index contributed by atoms with van der Waals surface area (Å²) in [5, 5.41) is 9.06. The van der Waals surface area contributed by atoms with E-state index in [0.717, 1.165) is 5.56 Å². The third-order valence-electron chi connectivity index (χ3n) is 2.14. The summed E-state index contributed by atoms with van der Waals surface area (Å²) in [6, 6.07) is 9.80. The Kier molecular flexibility index (Phi) is 3.46. The van der Waals surface area contributed by atoms with Gasteiger partial charge in [-0.1, -0.05) is 30.3 Å². The molecule has 0 bridgehead atoms. The van der Waals surface area contributed by atoms with Gasteiger partial charge in [0, 0.05) is 6.20 Å². The topological polar surface area (TPSA) is 55.2 Å². The van der Waals surface area contributed by atoms with Crippen molar-refractivity contribution in [1.82, 2.24) is 9.97 Å². The van der Waals surface area contributed by atoms with Crippen molar-refractivity contribution in [1.29, 1.82) is 0 Å². The number of ether oxygens (including phenoxy) is 1. The Bertz CT molecular complexity index is 446. The molecule has 0 aliphatic carbocycles. The monoisotopic (exact) mass is 216 g/mol. The lowest BCUT2D eigenvalue weighted by molar-refractivity contribution is 0.251. The van der Waals surface area contributed by atoms with E-state index in [1.165, 1.54) is 6.33 Å². The van der Waals surface area contributed by atoms with Crippen molar-refractivity contribution >= 4 is 0 Å². The number of aromatic nitrogens is 2. The molecule has 1 N–H and O–H groups in total. The molecule has 2 aromatic rings. The van der Waals surface area contributed by atoms with E-state index in [4.69, 9.17) is 9.84 Å². The molecule has 82 valence electrons. The predicted octanol–water partition coefficient (Wildman–Crippen LogP) is 1.55. The quantitative estimate of drug-likeness (QED) is 0.842. The zero-order valence-corrected chi connectivity index (χ0v) is 8.71. The van der Waals surface area contributed by atoms with Crippen molar-refractivity contribution in [3.63, 3.8) is 0 Å². The summed E-state index contributed by atoms with van der Waals surface area (Å²) in [6.07, 6.45) is 2.95. The SMILES string of the molecule is OCc1cncnc1OCc1ccccc1. The first-order valence-corrected chi connectivity index (χ1v) is 4.96. The van der Waals surface area contributed by atoms with Crippen molar-refractivity contribution in [2.24, 2.45) is 0 Å². The number of nitrogens with zero attached hydrogens (tertiary/aromatic N) is 2. The third kappa shape index (κ3) is 2.55. The molecule has 0 aliphatic rings. The Hall–Kier alpha value is -1.94. The summed E-state index contributed by atoms with van der Waals surface area (Å²) in [5.41, 5.74) is 1.66. The summed E-state index contributed by atoms with van der Waals surface area (Å²) in [7, 11) is 0. The van der Waals surface area contributed by atoms with Gasteiger partial charge in [-0.3, -0.25) is 0 Å². The van der Waals surface area contributed by atoms with Crippen molar-refractivity contribution in [2.45, 2.75) is 13.2 Å². The lowest BCUT2D eigenvalue weighted by atomic mass is 10.2. The Morgan fingerprint density at radius 1 is 1.19 bits per heavy atom. The highest BCUT2D eigenvalue weighted by Gasteiger charge is 2.03. The molecule has 1 aromatic carbocycles. The average Bonchev–Trinajstić information content (AvgIpc) is 2.38. The van der Waals surface area contributed by atoms with Crippen LogP contribution in [0.4, 0.5) is 0 Å². The normalized spacial score (nSPS) is 10.1. The predicted molar refractivity (Wildman–Crippen MR) is 58.7 cm³/mol. The summed E-state index contributed by atoms with van der Waals surface area (Å²) >= 11 is 0. The van der Waals surface area contributed by atoms with E-state index in [9.17, 15) is 0 Å². The lowest BCUT2D eigenvalue weighted by Crippen LogP contribution is -2.01. The zero-order chi connectivity index (χ0) is 11.2. The van der Waals surface area contributed by atoms with Crippen LogP contribution < -0.4 is 4.74 Å². The highest BCUT2D eigenvalue weighted by molar-refractivity contribution is 5.22. The standard InChI is InChI=1S/C12H12N2O2/c15-7-11-6-13-9-14-12(11)16-8-10-4-2-1-3-5-10/h1-6,9,15H,7-8H2. The molecule has 4 heteroatoms. The number of benzene rings is 1. The number of aliphatic hydroxyl groups excluding tert-OH is 1. The maximum atomic E-state index is 9.06. The Morgan fingerprint density at radius 3 is 2.75 bits per heavy atom. The number of aliphatic hydroxyl groups is 1. The molecular formula is C12H12N2O2. The molecule has 16 heavy (non-hydrogen) atoms. The number of hydrogen-bond acceptors (Lipinski definition) is 4. The first kappa shape index (κ1) is 10.6. The van der Waals surface area contributed by atoms with Crippen LogP contribution in [0, 0.1) is 0 Å². The van der Waals surface area contributed by atoms with Crippen molar-refractivity contribution in [2.75, 3.05) is 0 Å². The summed E-state index contributed by atoms with van der Waals surface area (Å²) in [4.78, 5) is 7.79. The molecule has 0 saturated carbocycles. The number of rotatable bonds is 4. The van der Waals surface area contributed by atoms with Crippen LogP contribution in [-0.4, -0.2) is 15.1 Å². The molecule has 0 radical (unpaired) electrons. The first-order valence-electron chi connectivity index (χ1n) is 4.96. The smallest absolute Gasteiger partial charge is 0.222 e. The van der Waals surface area contributed by atoms with Crippen molar-refractivity contribution in [3.05, 3.63) is 54.0 Å².